The molecule has 4 unspecified atom stereocenters. The first-order chi connectivity index (χ1) is 35.7. The first-order valence-electron chi connectivity index (χ1n) is 25.0. The van der Waals surface area contributed by atoms with Gasteiger partial charge in [-0.25, -0.2) is 0 Å². The quantitative estimate of drug-likeness (QED) is 0.0552. The molecule has 5 aromatic carbocycles. The maximum absolute atomic E-state index is 15.5. The van der Waals surface area contributed by atoms with E-state index in [0.29, 0.717) is 24.9 Å². The van der Waals surface area contributed by atoms with Gasteiger partial charge in [0.2, 0.25) is 23.6 Å². The summed E-state index contributed by atoms with van der Waals surface area (Å²) in [7, 11) is 0. The average Bonchev–Trinajstić information content (AvgIpc) is 4.07. The van der Waals surface area contributed by atoms with E-state index >= 15 is 9.59 Å². The summed E-state index contributed by atoms with van der Waals surface area (Å²) in [4.78, 5) is 75.1. The maximum atomic E-state index is 15.5. The summed E-state index contributed by atoms with van der Waals surface area (Å²) in [6, 6.07) is 36.1. The lowest BCUT2D eigenvalue weighted by Gasteiger charge is -2.40. The number of carbonyl (C=O) groups is 5. The predicted octanol–water partition coefficient (Wildman–Crippen LogP) is 5.23. The molecular weight excluding hydrogens is 961 g/mol. The molecule has 3 saturated heterocycles. The third-order valence-corrected chi connectivity index (χ3v) is 14.8. The summed E-state index contributed by atoms with van der Waals surface area (Å²) < 4.78 is 27.1. The van der Waals surface area contributed by atoms with E-state index < -0.39 is 95.7 Å². The van der Waals surface area contributed by atoms with E-state index in [0.717, 1.165) is 32.3 Å². The van der Waals surface area contributed by atoms with Crippen molar-refractivity contribution in [2.24, 2.45) is 5.73 Å². The fraction of sp³-hybridized carbons (Fsp3) is 0.351. The fourth-order valence-corrected chi connectivity index (χ4v) is 11.1. The molecule has 4 heterocycles. The van der Waals surface area contributed by atoms with Crippen molar-refractivity contribution in [2.75, 3.05) is 6.54 Å². The Hall–Kier alpha value is -6.99. The molecule has 0 saturated carbocycles. The van der Waals surface area contributed by atoms with Gasteiger partial charge in [-0.3, -0.25) is 24.0 Å². The molecule has 17 heteroatoms. The van der Waals surface area contributed by atoms with E-state index in [1.54, 1.807) is 32.9 Å². The lowest BCUT2D eigenvalue weighted by molar-refractivity contribution is -0.208. The number of ether oxygens (including phenoxy) is 4. The molecular formula is C57H62N6O10S. The second kappa shape index (κ2) is 22.6. The minimum atomic E-state index is -1.49. The van der Waals surface area contributed by atoms with Gasteiger partial charge in [-0.05, 0) is 103 Å². The number of carbonyl (C=O) groups excluding carboxylic acids is 5. The average molecular weight is 1020 g/mol. The molecule has 16 nitrogen and oxygen atoms in total. The number of aromatic hydroxyl groups is 1. The smallest absolute Gasteiger partial charge is 0.252 e. The van der Waals surface area contributed by atoms with Crippen LogP contribution in [-0.4, -0.2) is 102 Å². The van der Waals surface area contributed by atoms with Crippen molar-refractivity contribution in [1.82, 2.24) is 26.6 Å². The Labute approximate surface area is 433 Å². The Bertz CT molecular complexity index is 2830. The van der Waals surface area contributed by atoms with Gasteiger partial charge in [-0.1, -0.05) is 121 Å². The Balaban J connectivity index is 1.15. The number of amides is 5. The minimum absolute atomic E-state index is 0.00122. The van der Waals surface area contributed by atoms with Gasteiger partial charge in [-0.15, -0.1) is 11.3 Å². The highest BCUT2D eigenvalue weighted by molar-refractivity contribution is 7.17. The SMILES string of the molecule is CC(OC(c1ccccc1)(c1ccccc1)c1ccccc1)[C@@H]1NC(=O)C(CCCCN)NC(=O)[C@@H](Cc2csc3ccccc23)NC(=O)C(Cc2ccc(O)cc2)NC(=O)[C@H]2O[C@@H]3OC(C)(C)OC3[C@@H]2NC1=O. The molecule has 6 aromatic rings. The highest BCUT2D eigenvalue weighted by atomic mass is 32.1. The van der Waals surface area contributed by atoms with Gasteiger partial charge in [0, 0.05) is 17.5 Å². The van der Waals surface area contributed by atoms with Crippen molar-refractivity contribution in [3.63, 3.8) is 0 Å². The number of phenols is 1. The van der Waals surface area contributed by atoms with Crippen molar-refractivity contribution < 1.29 is 48.0 Å². The Morgan fingerprint density at radius 3 is 1.82 bits per heavy atom. The van der Waals surface area contributed by atoms with E-state index in [1.165, 1.54) is 23.5 Å². The summed E-state index contributed by atoms with van der Waals surface area (Å²) >= 11 is 1.49. The molecule has 0 aliphatic carbocycles. The zero-order valence-electron chi connectivity index (χ0n) is 41.4. The van der Waals surface area contributed by atoms with Gasteiger partial charge < -0.3 is 56.4 Å². The monoisotopic (exact) mass is 1020 g/mol. The van der Waals surface area contributed by atoms with Gasteiger partial charge in [0.15, 0.2) is 18.2 Å². The zero-order chi connectivity index (χ0) is 52.0. The molecule has 8 N–H and O–H groups in total. The third-order valence-electron chi connectivity index (χ3n) is 13.8. The number of hydrogen-bond acceptors (Lipinski definition) is 12. The van der Waals surface area contributed by atoms with Crippen LogP contribution < -0.4 is 32.3 Å². The van der Waals surface area contributed by atoms with E-state index in [9.17, 15) is 19.5 Å². The van der Waals surface area contributed by atoms with Gasteiger partial charge in [0.1, 0.15) is 41.6 Å². The second-order valence-electron chi connectivity index (χ2n) is 19.4. The molecule has 3 fully saturated rings. The van der Waals surface area contributed by atoms with Crippen LogP contribution in [0, 0.1) is 0 Å². The molecule has 0 spiro atoms. The number of hydrogen-bond donors (Lipinski definition) is 7. The van der Waals surface area contributed by atoms with Crippen molar-refractivity contribution in [3.05, 3.63) is 173 Å². The Morgan fingerprint density at radius 1 is 0.649 bits per heavy atom. The number of unbranched alkanes of at least 4 members (excludes halogenated alkanes) is 1. The van der Waals surface area contributed by atoms with Gasteiger partial charge in [0.05, 0.1) is 12.1 Å². The van der Waals surface area contributed by atoms with Crippen molar-refractivity contribution in [3.8, 4) is 5.75 Å². The van der Waals surface area contributed by atoms with Crippen LogP contribution in [-0.2, 0) is 61.4 Å². The number of rotatable bonds is 14. The van der Waals surface area contributed by atoms with Crippen molar-refractivity contribution in [1.29, 1.82) is 0 Å². The van der Waals surface area contributed by atoms with Crippen LogP contribution in [0.5, 0.6) is 5.75 Å². The maximum Gasteiger partial charge on any atom is 0.252 e. The first-order valence-corrected chi connectivity index (χ1v) is 25.9. The third kappa shape index (κ3) is 11.4. The number of benzene rings is 5. The van der Waals surface area contributed by atoms with E-state index in [2.05, 4.69) is 26.6 Å². The van der Waals surface area contributed by atoms with Gasteiger partial charge >= 0.3 is 0 Å². The first kappa shape index (κ1) is 51.9. The number of fused-ring (bicyclic) bond motifs is 4. The van der Waals surface area contributed by atoms with Crippen LogP contribution >= 0.6 is 11.3 Å². The van der Waals surface area contributed by atoms with Crippen LogP contribution in [0.4, 0.5) is 0 Å². The molecule has 9 atom stereocenters. The lowest BCUT2D eigenvalue weighted by Crippen LogP contribution is -2.64. The fourth-order valence-electron chi connectivity index (χ4n) is 10.1. The minimum Gasteiger partial charge on any atom is -0.508 e. The summed E-state index contributed by atoms with van der Waals surface area (Å²) in [6.45, 7) is 5.38. The molecule has 5 amide bonds. The number of phenolic OH excluding ortho intramolecular Hbond substituents is 1. The topological polar surface area (TPSA) is 229 Å². The van der Waals surface area contributed by atoms with Crippen LogP contribution in [0.25, 0.3) is 10.1 Å². The number of nitrogens with two attached hydrogens (primary N) is 1. The molecule has 9 rings (SSSR count). The van der Waals surface area contributed by atoms with E-state index in [4.69, 9.17) is 24.7 Å². The largest absolute Gasteiger partial charge is 0.508 e. The Morgan fingerprint density at radius 2 is 1.20 bits per heavy atom. The zero-order valence-corrected chi connectivity index (χ0v) is 42.2. The molecule has 1 aromatic heterocycles. The molecule has 74 heavy (non-hydrogen) atoms. The van der Waals surface area contributed by atoms with E-state index in [1.807, 2.05) is 121 Å². The summed E-state index contributed by atoms with van der Waals surface area (Å²) in [5.74, 6) is -4.80. The highest BCUT2D eigenvalue weighted by Gasteiger charge is 2.58. The lowest BCUT2D eigenvalue weighted by atomic mass is 9.79. The second-order valence-corrected chi connectivity index (χ2v) is 20.4. The number of thiophene rings is 1. The van der Waals surface area contributed by atoms with Gasteiger partial charge in [0.25, 0.3) is 5.91 Å². The van der Waals surface area contributed by atoms with Crippen LogP contribution in [0.3, 0.4) is 0 Å². The highest BCUT2D eigenvalue weighted by Crippen LogP contribution is 2.42. The standard InChI is InChI=1S/C57H62N6O10S/c1-34(71-57(37-17-7-4-8-18-37,38-19-9-5-10-20-38)39-21-11-6-12-22-39)46-53(68)63-47-48(70-55-49(47)72-56(2,3)73-55)54(69)61-43(31-35-26-28-40(64)29-27-35)51(66)60-44(32-36-33-74-45-25-14-13-23-41(36)45)52(67)59-42(50(65)62-46)24-15-16-30-58/h4-14,17-23,25-29,33-34,42-44,46-49,55,64H,15-16,24,30-32,58H2,1-3H3,(H,59,67)(H,60,66)(H,61,69)(H,62,65)(H,63,68)/t34?,42?,43?,44-,46+,47-,48+,49?,55-/m1/s1. The van der Waals surface area contributed by atoms with Gasteiger partial charge in [-0.2, -0.15) is 0 Å². The molecule has 0 bridgehead atoms. The van der Waals surface area contributed by atoms with Crippen molar-refractivity contribution >= 4 is 51.0 Å². The molecule has 3 aliphatic rings. The summed E-state index contributed by atoms with van der Waals surface area (Å²) in [6.07, 6.45) is -3.74. The van der Waals surface area contributed by atoms with Crippen molar-refractivity contribution in [2.45, 2.75) is 119 Å². The Kier molecular flexibility index (Phi) is 15.9. The summed E-state index contributed by atoms with van der Waals surface area (Å²) in [5, 5.41) is 27.7. The normalized spacial score (nSPS) is 24.9. The summed E-state index contributed by atoms with van der Waals surface area (Å²) in [5.41, 5.74) is 8.19. The molecule has 3 aliphatic heterocycles. The van der Waals surface area contributed by atoms with Crippen LogP contribution in [0.15, 0.2) is 145 Å². The van der Waals surface area contributed by atoms with Crippen LogP contribution in [0.2, 0.25) is 0 Å². The number of nitrogens with one attached hydrogen (secondary N) is 5. The predicted molar refractivity (Wildman–Crippen MR) is 278 cm³/mol. The van der Waals surface area contributed by atoms with E-state index in [-0.39, 0.29) is 25.0 Å². The van der Waals surface area contributed by atoms with Crippen LogP contribution in [0.1, 0.15) is 67.9 Å². The molecule has 0 radical (unpaired) electrons. The molecule has 386 valence electrons.